The Kier molecular flexibility index (Phi) is 38.5. The predicted octanol–water partition coefficient (Wildman–Crippen LogP) is 18.6. The first-order valence-corrected chi connectivity index (χ1v) is 47.3. The lowest BCUT2D eigenvalue weighted by atomic mass is 9.93. The number of aliphatic hydroxyl groups excluding tert-OH is 2. The molecule has 14 N–H and O–H groups in total. The summed E-state index contributed by atoms with van der Waals surface area (Å²) >= 11 is 0. The van der Waals surface area contributed by atoms with Crippen LogP contribution >= 0.6 is 0 Å². The molecule has 3 atom stereocenters. The summed E-state index contributed by atoms with van der Waals surface area (Å²) in [5.41, 5.74) is 33.1. The summed E-state index contributed by atoms with van der Waals surface area (Å²) in [6.07, 6.45) is 15.7. The molecule has 28 nitrogen and oxygen atoms in total. The minimum Gasteiger partial charge on any atom is -0.481 e. The van der Waals surface area contributed by atoms with E-state index in [4.69, 9.17) is 31.3 Å². The Labute approximate surface area is 839 Å². The highest BCUT2D eigenvalue weighted by atomic mass is 16.5. The molecule has 6 aliphatic rings. The smallest absolute Gasteiger partial charge is 0.336 e. The molecule has 0 radical (unpaired) electrons. The van der Waals surface area contributed by atoms with Gasteiger partial charge in [0.2, 0.25) is 5.91 Å². The average Bonchev–Trinajstić information content (AvgIpc) is 1.58. The van der Waals surface area contributed by atoms with E-state index >= 15 is 0 Å². The number of hydrogen-bond acceptors (Lipinski definition) is 18. The van der Waals surface area contributed by atoms with Crippen LogP contribution in [0.25, 0.3) is 66.8 Å². The van der Waals surface area contributed by atoms with Gasteiger partial charge in [-0.15, -0.1) is 12.8 Å². The van der Waals surface area contributed by atoms with Crippen LogP contribution < -0.4 is 11.1 Å². The first-order valence-electron chi connectivity index (χ1n) is 47.8. The number of methoxy groups -OCH3 is 2. The number of ketones is 2. The summed E-state index contributed by atoms with van der Waals surface area (Å²) < 4.78 is 15.8. The first-order chi connectivity index (χ1) is 70.4. The van der Waals surface area contributed by atoms with E-state index in [1.807, 2.05) is 115 Å². The van der Waals surface area contributed by atoms with Crippen LogP contribution in [0.3, 0.4) is 0 Å². The van der Waals surface area contributed by atoms with Crippen LogP contribution in [0.15, 0.2) is 224 Å². The van der Waals surface area contributed by atoms with Crippen LogP contribution in [-0.4, -0.2) is 188 Å². The molecular formula is C117H114N2O26. The second-order valence-corrected chi connectivity index (χ2v) is 35.0. The molecule has 12 aromatic carbocycles. The molecule has 0 saturated carbocycles. The molecule has 0 saturated heterocycles. The van der Waals surface area contributed by atoms with E-state index in [1.165, 1.54) is 19.0 Å². The molecule has 0 bridgehead atoms. The molecule has 0 aromatic heterocycles. The molecular weight excluding hydrogens is 1850 g/mol. The third kappa shape index (κ3) is 26.4. The molecule has 748 valence electrons. The van der Waals surface area contributed by atoms with Gasteiger partial charge in [0.15, 0.2) is 11.6 Å². The first kappa shape index (κ1) is 108. The number of nitrogens with one attached hydrogen (secondary N) is 1. The number of benzene rings is 12. The lowest BCUT2D eigenvalue weighted by molar-refractivity contribution is -0.138. The number of aromatic carboxylic acids is 5. The van der Waals surface area contributed by atoms with Crippen molar-refractivity contribution in [2.45, 2.75) is 140 Å². The number of aryl methyl sites for hydroxylation is 4. The van der Waals surface area contributed by atoms with Gasteiger partial charge in [0.25, 0.3) is 0 Å². The normalized spacial score (nSPS) is 13.1. The summed E-state index contributed by atoms with van der Waals surface area (Å²) in [6.45, 7) is 1.49. The van der Waals surface area contributed by atoms with Crippen molar-refractivity contribution >= 4 is 77.5 Å². The van der Waals surface area contributed by atoms with Crippen LogP contribution in [-0.2, 0) is 83.2 Å². The number of carboxylic acid groups (broad SMARTS) is 9. The lowest BCUT2D eigenvalue weighted by Gasteiger charge is -2.11. The van der Waals surface area contributed by atoms with Crippen molar-refractivity contribution in [1.29, 1.82) is 0 Å². The van der Waals surface area contributed by atoms with E-state index < -0.39 is 59.6 Å². The maximum atomic E-state index is 12.9. The van der Waals surface area contributed by atoms with E-state index in [9.17, 15) is 98.1 Å². The van der Waals surface area contributed by atoms with Crippen molar-refractivity contribution in [1.82, 2.24) is 5.32 Å². The fourth-order valence-electron chi connectivity index (χ4n) is 19.6. The van der Waals surface area contributed by atoms with E-state index in [0.717, 1.165) is 172 Å². The zero-order valence-electron chi connectivity index (χ0n) is 81.3. The number of terminal acetylenes is 1. The standard InChI is InChI=1S/C26H33NO5.C19H18O5.C19H16O5.C18H14O5.C18H16O4.C14H10O2.C2H2.CH5N/c1-31-14-5-9-24(29)21-8-4-7-19-23(17-28)22-16-18(11-12-20(22)26(19)21)6-3-10-25(30)27-13-15-32-2;2*20-10-16-12-4-2-5-14(19(23)24)18(12)13-8-7-11(9-15(13)16)3-1-6-17(21)22;19-15(6-7-16(20)21)10-4-5-13-12(8-10)9-11-2-1-3-14(17(11)13)18(22)23;19-16(20)6-1-3-11-7-8-14-13(9-11)10-12-4-2-5-15(17(12)14)18(21)22;15-14(16)12-7-3-5-10-8-9-4-1-2-6-11(9)13(10)12;2*1-2/h4,7-8,11-12,16,23,28H,3,5-6,9-10,13-15,17H2,1-2H3,(H,27,30);2,4-5,7-9,16,20H,1,3,6,10H2,(H,21,22)(H,23,24);2,4-5,7-10,16H,1,3,6H2,(H,21,22)(H,23,24);1-5,8H,6-7,9H2,(H,20,21)(H,22,23);2,4-5,7-9H,1,3,6,10H2,(H,19,20)(H,21,22);1-7H,8H2,(H,15,16);1-2H;2H2,1H3/i;;;;;;1D;. The zero-order chi connectivity index (χ0) is 106. The van der Waals surface area contributed by atoms with Gasteiger partial charge in [-0.25, -0.2) is 24.0 Å². The highest BCUT2D eigenvalue weighted by Gasteiger charge is 2.37. The Morgan fingerprint density at radius 3 is 1.12 bits per heavy atom. The second kappa shape index (κ2) is 51.9. The largest absolute Gasteiger partial charge is 0.481 e. The minimum absolute atomic E-state index is 0.00726. The number of carboxylic acids is 9. The van der Waals surface area contributed by atoms with Crippen molar-refractivity contribution in [3.8, 4) is 79.6 Å². The Hall–Kier alpha value is -16.3. The fourth-order valence-corrected chi connectivity index (χ4v) is 19.6. The Bertz CT molecular complexity index is 6990. The maximum Gasteiger partial charge on any atom is 0.336 e. The van der Waals surface area contributed by atoms with E-state index in [0.29, 0.717) is 116 Å². The van der Waals surface area contributed by atoms with Crippen molar-refractivity contribution in [2.75, 3.05) is 54.2 Å². The van der Waals surface area contributed by atoms with E-state index in [1.54, 1.807) is 93.1 Å². The monoisotopic (exact) mass is 1960 g/mol. The molecule has 28 heteroatoms. The summed E-state index contributed by atoms with van der Waals surface area (Å²) in [5, 5.41) is 104. The van der Waals surface area contributed by atoms with Crippen LogP contribution in [0, 0.1) is 12.8 Å². The number of amides is 1. The van der Waals surface area contributed by atoms with Crippen molar-refractivity contribution in [3.05, 3.63) is 352 Å². The van der Waals surface area contributed by atoms with Crippen molar-refractivity contribution < 1.29 is 129 Å². The third-order valence-electron chi connectivity index (χ3n) is 26.0. The zero-order valence-corrected chi connectivity index (χ0v) is 80.3. The number of aldehydes is 1. The van der Waals surface area contributed by atoms with E-state index in [2.05, 4.69) is 47.8 Å². The SMILES string of the molecule is CN.COCCCC(=O)c1cccc2c1-c1ccc(CCCC(=O)NCCOC)cc1C2CO.O=C(O)CCC(=O)c1ccc2c(c1)Cc1cccc(C(=O)O)c1-2.O=C(O)CCCc1ccc2c(c1)C(CO)c1cccc(C(=O)O)c1-2.O=C(O)CCCc1ccc2c(c1)Cc1cccc(C(=O)O)c1-2.O=C(O)c1cccc2c1-c1ccccc1C2.O=CC1c2cc(CCCC(=O)O)ccc2-c2c(C(=O)O)cccc21.[2H]C#C. The number of carbonyl (C=O) groups excluding carboxylic acids is 4. The number of ether oxygens (including phenoxy) is 2. The Morgan fingerprint density at radius 1 is 0.345 bits per heavy atom. The van der Waals surface area contributed by atoms with Gasteiger partial charge in [-0.3, -0.25) is 33.6 Å². The molecule has 0 heterocycles. The molecule has 1 amide bonds. The van der Waals surface area contributed by atoms with Gasteiger partial charge in [0.05, 0.1) is 60.0 Å². The molecule has 0 fully saturated rings. The van der Waals surface area contributed by atoms with Gasteiger partial charge >= 0.3 is 53.7 Å². The number of rotatable bonds is 36. The number of Topliss-reactive ketones (excluding diaryl/α,β-unsaturated/α-hetero) is 2. The van der Waals surface area contributed by atoms with Gasteiger partial charge < -0.3 is 81.5 Å². The Morgan fingerprint density at radius 2 is 0.690 bits per heavy atom. The van der Waals surface area contributed by atoms with Crippen LogP contribution in [0.4, 0.5) is 0 Å². The van der Waals surface area contributed by atoms with Gasteiger partial charge in [0.1, 0.15) is 7.66 Å². The van der Waals surface area contributed by atoms with Crippen LogP contribution in [0.2, 0.25) is 0 Å². The summed E-state index contributed by atoms with van der Waals surface area (Å²) in [5.74, 6) is -9.11. The summed E-state index contributed by atoms with van der Waals surface area (Å²) in [4.78, 5) is 148. The molecule has 0 aliphatic heterocycles. The highest BCUT2D eigenvalue weighted by molar-refractivity contribution is 6.07. The summed E-state index contributed by atoms with van der Waals surface area (Å²) in [7, 11) is 4.75. The number of hydrogen-bond donors (Lipinski definition) is 13. The molecule has 6 aliphatic carbocycles. The quantitative estimate of drug-likeness (QED) is 0.00750. The van der Waals surface area contributed by atoms with Crippen molar-refractivity contribution in [3.63, 3.8) is 0 Å². The molecule has 0 spiro atoms. The van der Waals surface area contributed by atoms with Crippen molar-refractivity contribution in [2.24, 2.45) is 5.73 Å². The fraction of sp³-hybridized carbons (Fsp3) is 0.256. The van der Waals surface area contributed by atoms with Gasteiger partial charge in [-0.1, -0.05) is 188 Å². The lowest BCUT2D eigenvalue weighted by Crippen LogP contribution is -2.26. The number of aliphatic hydroxyl groups is 2. The predicted molar refractivity (Wildman–Crippen MR) is 546 cm³/mol. The number of fused-ring (bicyclic) bond motifs is 18. The number of nitrogens with two attached hydrogens (primary N) is 1. The van der Waals surface area contributed by atoms with Crippen LogP contribution in [0.5, 0.6) is 0 Å². The Balaban J connectivity index is 0.000000166. The van der Waals surface area contributed by atoms with Gasteiger partial charge in [-0.2, -0.15) is 0 Å². The summed E-state index contributed by atoms with van der Waals surface area (Å²) in [6, 6.07) is 68.6. The number of carbonyl (C=O) groups is 13. The molecule has 18 rings (SSSR count). The second-order valence-electron chi connectivity index (χ2n) is 35.0. The van der Waals surface area contributed by atoms with E-state index in [-0.39, 0.29) is 91.3 Å². The van der Waals surface area contributed by atoms with Gasteiger partial charge in [-0.05, 0) is 265 Å². The molecule has 145 heavy (non-hydrogen) atoms. The third-order valence-corrected chi connectivity index (χ3v) is 26.0. The minimum atomic E-state index is -1.02. The maximum absolute atomic E-state index is 12.9. The topological polar surface area (TPSA) is 501 Å². The molecule has 3 unspecified atom stereocenters. The molecule has 12 aromatic rings. The number of aliphatic carboxylic acids is 4. The highest BCUT2D eigenvalue weighted by Crippen LogP contribution is 2.51. The van der Waals surface area contributed by atoms with Gasteiger partial charge in [0, 0.05) is 100.0 Å². The average molecular weight is 1970 g/mol. The van der Waals surface area contributed by atoms with Crippen LogP contribution in [0.1, 0.15) is 258 Å².